The van der Waals surface area contributed by atoms with Crippen LogP contribution in [0.5, 0.6) is 11.5 Å². The van der Waals surface area contributed by atoms with Gasteiger partial charge in [0, 0.05) is 17.3 Å². The summed E-state index contributed by atoms with van der Waals surface area (Å²) in [6.45, 7) is 0.130. The van der Waals surface area contributed by atoms with E-state index in [2.05, 4.69) is 31.8 Å². The highest BCUT2D eigenvalue weighted by Gasteiger charge is 2.08. The van der Waals surface area contributed by atoms with E-state index in [0.717, 1.165) is 10.2 Å². The van der Waals surface area contributed by atoms with Crippen molar-refractivity contribution in [2.45, 2.75) is 0 Å². The van der Waals surface area contributed by atoms with E-state index in [4.69, 9.17) is 9.47 Å². The summed E-state index contributed by atoms with van der Waals surface area (Å²) >= 11 is 3.40. The number of nitrogens with one attached hydrogen (secondary N) is 2. The van der Waals surface area contributed by atoms with Gasteiger partial charge in [0.25, 0.3) is 5.91 Å². The molecule has 0 aliphatic rings. The number of hydrogen-bond donors (Lipinski definition) is 2. The van der Waals surface area contributed by atoms with Gasteiger partial charge in [0.15, 0.2) is 0 Å². The van der Waals surface area contributed by atoms with Crippen LogP contribution in [-0.4, -0.2) is 32.9 Å². The third-order valence-electron chi connectivity index (χ3n) is 3.12. The fraction of sp³-hybridized carbons (Fsp3) is 0.176. The van der Waals surface area contributed by atoms with Crippen molar-refractivity contribution >= 4 is 33.7 Å². The van der Waals surface area contributed by atoms with Crippen molar-refractivity contribution in [3.63, 3.8) is 0 Å². The molecule has 0 fully saturated rings. The molecule has 0 aromatic heterocycles. The van der Waals surface area contributed by atoms with Gasteiger partial charge in [-0.15, -0.1) is 0 Å². The number of ether oxygens (including phenoxy) is 2. The van der Waals surface area contributed by atoms with Crippen molar-refractivity contribution in [1.29, 1.82) is 0 Å². The molecule has 0 saturated carbocycles. The molecule has 24 heavy (non-hydrogen) atoms. The van der Waals surface area contributed by atoms with Crippen LogP contribution in [0.3, 0.4) is 0 Å². The monoisotopic (exact) mass is 391 g/mol. The average molecular weight is 392 g/mol. The van der Waals surface area contributed by atoms with Crippen LogP contribution in [0.2, 0.25) is 0 Å². The minimum Gasteiger partial charge on any atom is -0.496 e. The Morgan fingerprint density at radius 1 is 1.17 bits per heavy atom. The lowest BCUT2D eigenvalue weighted by Crippen LogP contribution is -2.25. The number of halogens is 1. The van der Waals surface area contributed by atoms with E-state index in [9.17, 15) is 4.79 Å². The Morgan fingerprint density at radius 3 is 2.54 bits per heavy atom. The lowest BCUT2D eigenvalue weighted by Gasteiger charge is -2.09. The summed E-state index contributed by atoms with van der Waals surface area (Å²) in [7, 11) is 3.13. The van der Waals surface area contributed by atoms with Crippen LogP contribution in [0, 0.1) is 0 Å². The van der Waals surface area contributed by atoms with Crippen LogP contribution in [0.25, 0.3) is 0 Å². The smallest absolute Gasteiger partial charge is 0.259 e. The maximum atomic E-state index is 11.8. The van der Waals surface area contributed by atoms with Crippen molar-refractivity contribution in [3.05, 3.63) is 52.5 Å². The standard InChI is InChI=1S/C17H18BrN3O3/c1-23-15-9-16(24-2)14(18)8-12(15)10-20-21-17(22)11-19-13-6-4-3-5-7-13/h3-10,19H,11H2,1-2H3,(H,21,22)/b20-10-. The zero-order chi connectivity index (χ0) is 17.4. The molecular formula is C17H18BrN3O3. The Morgan fingerprint density at radius 2 is 1.88 bits per heavy atom. The van der Waals surface area contributed by atoms with Gasteiger partial charge in [0.05, 0.1) is 31.5 Å². The molecule has 2 aromatic rings. The lowest BCUT2D eigenvalue weighted by molar-refractivity contribution is -0.119. The lowest BCUT2D eigenvalue weighted by atomic mass is 10.2. The Kier molecular flexibility index (Phi) is 6.62. The number of rotatable bonds is 7. The Hall–Kier alpha value is -2.54. The highest BCUT2D eigenvalue weighted by atomic mass is 79.9. The fourth-order valence-electron chi connectivity index (χ4n) is 1.94. The summed E-state index contributed by atoms with van der Waals surface area (Å²) in [4.78, 5) is 11.8. The van der Waals surface area contributed by atoms with Crippen LogP contribution in [0.15, 0.2) is 52.0 Å². The third kappa shape index (κ3) is 4.99. The van der Waals surface area contributed by atoms with E-state index in [1.807, 2.05) is 30.3 Å². The number of anilines is 1. The van der Waals surface area contributed by atoms with Gasteiger partial charge in [-0.3, -0.25) is 4.79 Å². The Bertz CT molecular complexity index is 721. The topological polar surface area (TPSA) is 72.0 Å². The Balaban J connectivity index is 1.93. The van der Waals surface area contributed by atoms with E-state index in [0.29, 0.717) is 17.1 Å². The molecule has 1 amide bonds. The zero-order valence-corrected chi connectivity index (χ0v) is 15.0. The van der Waals surface area contributed by atoms with Gasteiger partial charge in [0.2, 0.25) is 0 Å². The van der Waals surface area contributed by atoms with E-state index in [1.54, 1.807) is 26.4 Å². The minimum atomic E-state index is -0.248. The van der Waals surface area contributed by atoms with Crippen LogP contribution in [-0.2, 0) is 4.79 Å². The number of nitrogens with zero attached hydrogens (tertiary/aromatic N) is 1. The number of benzene rings is 2. The molecule has 126 valence electrons. The van der Waals surface area contributed by atoms with Crippen LogP contribution in [0.4, 0.5) is 5.69 Å². The predicted octanol–water partition coefficient (Wildman–Crippen LogP) is 3.03. The molecule has 0 saturated heterocycles. The summed E-state index contributed by atoms with van der Waals surface area (Å²) in [5.41, 5.74) is 4.05. The van der Waals surface area contributed by atoms with Crippen molar-refractivity contribution in [1.82, 2.24) is 5.43 Å². The second kappa shape index (κ2) is 8.93. The first-order valence-electron chi connectivity index (χ1n) is 7.16. The average Bonchev–Trinajstić information content (AvgIpc) is 2.61. The van der Waals surface area contributed by atoms with Crippen LogP contribution >= 0.6 is 15.9 Å². The molecule has 0 spiro atoms. The summed E-state index contributed by atoms with van der Waals surface area (Å²) in [5, 5.41) is 6.96. The second-order valence-corrected chi connectivity index (χ2v) is 5.60. The van der Waals surface area contributed by atoms with Gasteiger partial charge in [-0.1, -0.05) is 18.2 Å². The molecule has 2 N–H and O–H groups in total. The SMILES string of the molecule is COc1cc(OC)c(/C=N\NC(=O)CNc2ccccc2)cc1Br. The van der Waals surface area contributed by atoms with Crippen LogP contribution in [0.1, 0.15) is 5.56 Å². The van der Waals surface area contributed by atoms with E-state index in [1.165, 1.54) is 6.21 Å². The summed E-state index contributed by atoms with van der Waals surface area (Å²) in [6, 6.07) is 13.0. The molecule has 7 heteroatoms. The van der Waals surface area contributed by atoms with E-state index < -0.39 is 0 Å². The number of amides is 1. The summed E-state index contributed by atoms with van der Waals surface area (Å²) < 4.78 is 11.3. The highest BCUT2D eigenvalue weighted by molar-refractivity contribution is 9.10. The van der Waals surface area contributed by atoms with Gasteiger partial charge in [0.1, 0.15) is 11.5 Å². The first-order valence-corrected chi connectivity index (χ1v) is 7.95. The van der Waals surface area contributed by atoms with E-state index >= 15 is 0 Å². The fourth-order valence-corrected chi connectivity index (χ4v) is 2.46. The molecule has 0 atom stereocenters. The molecule has 0 unspecified atom stereocenters. The van der Waals surface area contributed by atoms with Crippen molar-refractivity contribution < 1.29 is 14.3 Å². The quantitative estimate of drug-likeness (QED) is 0.561. The molecule has 0 aliphatic heterocycles. The predicted molar refractivity (Wildman–Crippen MR) is 97.9 cm³/mol. The van der Waals surface area contributed by atoms with Gasteiger partial charge in [-0.25, -0.2) is 5.43 Å². The summed E-state index contributed by atoms with van der Waals surface area (Å²) in [5.74, 6) is 0.997. The number of hydrazone groups is 1. The highest BCUT2D eigenvalue weighted by Crippen LogP contribution is 2.31. The first-order chi connectivity index (χ1) is 11.6. The van der Waals surface area contributed by atoms with Gasteiger partial charge >= 0.3 is 0 Å². The number of carbonyl (C=O) groups is 1. The molecule has 0 aliphatic carbocycles. The molecule has 0 radical (unpaired) electrons. The number of para-hydroxylation sites is 1. The molecule has 0 heterocycles. The maximum Gasteiger partial charge on any atom is 0.259 e. The Labute approximate surface area is 149 Å². The van der Waals surface area contributed by atoms with Crippen LogP contribution < -0.4 is 20.2 Å². The van der Waals surface area contributed by atoms with E-state index in [-0.39, 0.29) is 12.5 Å². The van der Waals surface area contributed by atoms with Crippen molar-refractivity contribution in [2.75, 3.05) is 26.1 Å². The largest absolute Gasteiger partial charge is 0.496 e. The molecule has 0 bridgehead atoms. The zero-order valence-electron chi connectivity index (χ0n) is 13.4. The molecular weight excluding hydrogens is 374 g/mol. The minimum absolute atomic E-state index is 0.130. The number of methoxy groups -OCH3 is 2. The molecule has 6 nitrogen and oxygen atoms in total. The first kappa shape index (κ1) is 17.8. The number of carbonyl (C=O) groups excluding carboxylic acids is 1. The van der Waals surface area contributed by atoms with Gasteiger partial charge in [-0.05, 0) is 34.1 Å². The van der Waals surface area contributed by atoms with Gasteiger partial charge < -0.3 is 14.8 Å². The van der Waals surface area contributed by atoms with Gasteiger partial charge in [-0.2, -0.15) is 5.10 Å². The second-order valence-electron chi connectivity index (χ2n) is 4.74. The summed E-state index contributed by atoms with van der Waals surface area (Å²) in [6.07, 6.45) is 1.52. The number of hydrogen-bond acceptors (Lipinski definition) is 5. The van der Waals surface area contributed by atoms with Crippen molar-refractivity contribution in [3.8, 4) is 11.5 Å². The normalized spacial score (nSPS) is 10.5. The molecule has 2 aromatic carbocycles. The molecule has 2 rings (SSSR count). The maximum absolute atomic E-state index is 11.8. The van der Waals surface area contributed by atoms with Crippen molar-refractivity contribution in [2.24, 2.45) is 5.10 Å². The third-order valence-corrected chi connectivity index (χ3v) is 3.74.